The van der Waals surface area contributed by atoms with Crippen molar-refractivity contribution in [3.8, 4) is 0 Å². The molecule has 0 amide bonds. The fraction of sp³-hybridized carbons (Fsp3) is 0.462. The Balaban J connectivity index is 2.46. The molecule has 0 unspecified atom stereocenters. The number of hydrogen-bond donors (Lipinski definition) is 1. The zero-order chi connectivity index (χ0) is 14.9. The molecule has 1 N–H and O–H groups in total. The number of H-pyrrole nitrogens is 1. The topological polar surface area (TPSA) is 72.0 Å². The van der Waals surface area contributed by atoms with Gasteiger partial charge in [-0.15, -0.1) is 22.9 Å². The van der Waals surface area contributed by atoms with Gasteiger partial charge < -0.3 is 9.72 Å². The minimum Gasteiger partial charge on any atom is -0.461 e. The second-order valence-corrected chi connectivity index (χ2v) is 6.14. The molecule has 2 rings (SSSR count). The predicted molar refractivity (Wildman–Crippen MR) is 79.7 cm³/mol. The smallest absolute Gasteiger partial charge is 0.348 e. The van der Waals surface area contributed by atoms with Gasteiger partial charge in [0, 0.05) is 0 Å². The standard InChI is InChI=1S/C13H15ClN2O3S/c1-6(2)5-19-13(18)10-7(3)9-11(17)15-8(4-14)16-12(9)20-10/h6H,4-5H2,1-3H3,(H,15,16,17). The number of thiophene rings is 1. The van der Waals surface area contributed by atoms with E-state index in [1.807, 2.05) is 13.8 Å². The molecule has 2 aromatic rings. The van der Waals surface area contributed by atoms with Crippen molar-refractivity contribution in [2.24, 2.45) is 5.92 Å². The molecular formula is C13H15ClN2O3S. The van der Waals surface area contributed by atoms with Crippen LogP contribution in [0, 0.1) is 12.8 Å². The van der Waals surface area contributed by atoms with Gasteiger partial charge in [0.15, 0.2) is 0 Å². The first-order valence-electron chi connectivity index (χ1n) is 6.19. The monoisotopic (exact) mass is 314 g/mol. The number of aromatic amines is 1. The lowest BCUT2D eigenvalue weighted by atomic mass is 10.2. The molecule has 0 saturated heterocycles. The second kappa shape index (κ2) is 5.93. The van der Waals surface area contributed by atoms with Gasteiger partial charge in [-0.3, -0.25) is 4.79 Å². The first-order valence-corrected chi connectivity index (χ1v) is 7.54. The van der Waals surface area contributed by atoms with E-state index in [4.69, 9.17) is 16.3 Å². The van der Waals surface area contributed by atoms with Gasteiger partial charge in [0.1, 0.15) is 15.5 Å². The van der Waals surface area contributed by atoms with Crippen molar-refractivity contribution in [3.05, 3.63) is 26.6 Å². The van der Waals surface area contributed by atoms with Crippen molar-refractivity contribution in [3.63, 3.8) is 0 Å². The molecule has 20 heavy (non-hydrogen) atoms. The van der Waals surface area contributed by atoms with Gasteiger partial charge in [-0.05, 0) is 18.4 Å². The summed E-state index contributed by atoms with van der Waals surface area (Å²) in [7, 11) is 0. The Bertz CT molecular complexity index is 705. The number of carbonyl (C=O) groups is 1. The summed E-state index contributed by atoms with van der Waals surface area (Å²) in [6, 6.07) is 0. The Labute approximate surface area is 124 Å². The molecule has 0 aliphatic heterocycles. The van der Waals surface area contributed by atoms with E-state index in [0.29, 0.717) is 33.1 Å². The molecule has 7 heteroatoms. The third kappa shape index (κ3) is 2.86. The summed E-state index contributed by atoms with van der Waals surface area (Å²) in [5.41, 5.74) is 0.330. The summed E-state index contributed by atoms with van der Waals surface area (Å²) in [5.74, 6) is 0.367. The minimum absolute atomic E-state index is 0.120. The summed E-state index contributed by atoms with van der Waals surface area (Å²) >= 11 is 6.84. The van der Waals surface area contributed by atoms with Crippen LogP contribution in [0.15, 0.2) is 4.79 Å². The molecule has 0 aliphatic carbocycles. The van der Waals surface area contributed by atoms with Gasteiger partial charge >= 0.3 is 5.97 Å². The van der Waals surface area contributed by atoms with Crippen molar-refractivity contribution >= 4 is 39.1 Å². The van der Waals surface area contributed by atoms with Crippen LogP contribution in [0.4, 0.5) is 0 Å². The Kier molecular flexibility index (Phi) is 4.45. The minimum atomic E-state index is -0.411. The van der Waals surface area contributed by atoms with Crippen LogP contribution in [0.5, 0.6) is 0 Å². The Hall–Kier alpha value is -1.40. The Morgan fingerprint density at radius 3 is 2.80 bits per heavy atom. The second-order valence-electron chi connectivity index (χ2n) is 4.87. The number of aromatic nitrogens is 2. The van der Waals surface area contributed by atoms with Crippen LogP contribution >= 0.6 is 22.9 Å². The largest absolute Gasteiger partial charge is 0.461 e. The lowest BCUT2D eigenvalue weighted by molar-refractivity contribution is 0.0464. The van der Waals surface area contributed by atoms with Crippen molar-refractivity contribution in [1.29, 1.82) is 0 Å². The summed E-state index contributed by atoms with van der Waals surface area (Å²) in [6.07, 6.45) is 0. The highest BCUT2D eigenvalue weighted by atomic mass is 35.5. The lowest BCUT2D eigenvalue weighted by Crippen LogP contribution is -2.12. The third-order valence-electron chi connectivity index (χ3n) is 2.71. The van der Waals surface area contributed by atoms with Gasteiger partial charge in [-0.2, -0.15) is 0 Å². The van der Waals surface area contributed by atoms with Crippen LogP contribution in [0.2, 0.25) is 0 Å². The van der Waals surface area contributed by atoms with Crippen molar-refractivity contribution < 1.29 is 9.53 Å². The van der Waals surface area contributed by atoms with Gasteiger partial charge in [0.2, 0.25) is 0 Å². The van der Waals surface area contributed by atoms with Crippen LogP contribution in [-0.4, -0.2) is 22.5 Å². The first kappa shape index (κ1) is 15.0. The molecule has 5 nitrogen and oxygen atoms in total. The number of ether oxygens (including phenoxy) is 1. The lowest BCUT2D eigenvalue weighted by Gasteiger charge is -2.05. The fourth-order valence-corrected chi connectivity index (χ4v) is 2.98. The number of nitrogens with zero attached hydrogens (tertiary/aromatic N) is 1. The normalized spacial score (nSPS) is 11.2. The van der Waals surface area contributed by atoms with Crippen LogP contribution in [-0.2, 0) is 10.6 Å². The maximum absolute atomic E-state index is 12.0. The quantitative estimate of drug-likeness (QED) is 0.695. The molecule has 0 spiro atoms. The highest BCUT2D eigenvalue weighted by Gasteiger charge is 2.20. The summed E-state index contributed by atoms with van der Waals surface area (Å²) in [6.45, 7) is 6.00. The number of nitrogens with one attached hydrogen (secondary N) is 1. The fourth-order valence-electron chi connectivity index (χ4n) is 1.75. The predicted octanol–water partition coefficient (Wildman–Crippen LogP) is 2.84. The summed E-state index contributed by atoms with van der Waals surface area (Å²) in [5, 5.41) is 0.431. The van der Waals surface area contributed by atoms with Crippen LogP contribution in [0.25, 0.3) is 10.2 Å². The molecular weight excluding hydrogens is 300 g/mol. The van der Waals surface area contributed by atoms with E-state index in [9.17, 15) is 9.59 Å². The van der Waals surface area contributed by atoms with Gasteiger partial charge in [0.05, 0.1) is 17.9 Å². The zero-order valence-corrected chi connectivity index (χ0v) is 13.0. The van der Waals surface area contributed by atoms with E-state index in [-0.39, 0.29) is 17.4 Å². The number of carbonyl (C=O) groups excluding carboxylic acids is 1. The molecule has 0 fully saturated rings. The molecule has 0 aromatic carbocycles. The van der Waals surface area contributed by atoms with E-state index in [0.717, 1.165) is 11.3 Å². The Morgan fingerprint density at radius 2 is 2.20 bits per heavy atom. The average Bonchev–Trinajstić information content (AvgIpc) is 2.73. The average molecular weight is 315 g/mol. The number of aryl methyl sites for hydroxylation is 1. The molecule has 2 aromatic heterocycles. The molecule has 0 aliphatic rings. The molecule has 0 saturated carbocycles. The van der Waals surface area contributed by atoms with Crippen molar-refractivity contribution in [1.82, 2.24) is 9.97 Å². The summed E-state index contributed by atoms with van der Waals surface area (Å²) in [4.78, 5) is 31.8. The Morgan fingerprint density at radius 1 is 1.50 bits per heavy atom. The van der Waals surface area contributed by atoms with E-state index in [1.54, 1.807) is 6.92 Å². The number of esters is 1. The maximum Gasteiger partial charge on any atom is 0.348 e. The number of alkyl halides is 1. The van der Waals surface area contributed by atoms with Crippen LogP contribution in [0.3, 0.4) is 0 Å². The van der Waals surface area contributed by atoms with Crippen molar-refractivity contribution in [2.45, 2.75) is 26.7 Å². The van der Waals surface area contributed by atoms with E-state index < -0.39 is 5.97 Å². The zero-order valence-electron chi connectivity index (χ0n) is 11.4. The van der Waals surface area contributed by atoms with Crippen LogP contribution in [0.1, 0.15) is 34.9 Å². The molecule has 2 heterocycles. The first-order chi connectivity index (χ1) is 9.43. The van der Waals surface area contributed by atoms with E-state index in [1.165, 1.54) is 0 Å². The number of halogens is 1. The number of hydrogen-bond acceptors (Lipinski definition) is 5. The van der Waals surface area contributed by atoms with Gasteiger partial charge in [-0.25, -0.2) is 9.78 Å². The third-order valence-corrected chi connectivity index (χ3v) is 4.13. The number of rotatable bonds is 4. The van der Waals surface area contributed by atoms with E-state index >= 15 is 0 Å². The maximum atomic E-state index is 12.0. The highest BCUT2D eigenvalue weighted by Crippen LogP contribution is 2.27. The summed E-state index contributed by atoms with van der Waals surface area (Å²) < 4.78 is 5.20. The molecule has 0 atom stereocenters. The number of fused-ring (bicyclic) bond motifs is 1. The van der Waals surface area contributed by atoms with Crippen molar-refractivity contribution in [2.75, 3.05) is 6.61 Å². The van der Waals surface area contributed by atoms with Crippen LogP contribution < -0.4 is 5.56 Å². The molecule has 0 bridgehead atoms. The van der Waals surface area contributed by atoms with Gasteiger partial charge in [0.25, 0.3) is 5.56 Å². The van der Waals surface area contributed by atoms with Gasteiger partial charge in [-0.1, -0.05) is 13.8 Å². The van der Waals surface area contributed by atoms with E-state index in [2.05, 4.69) is 9.97 Å². The molecule has 108 valence electrons. The highest BCUT2D eigenvalue weighted by molar-refractivity contribution is 7.20. The SMILES string of the molecule is Cc1c(C(=O)OCC(C)C)sc2nc(CCl)[nH]c(=O)c12. The molecule has 0 radical (unpaired) electrons.